The zero-order valence-corrected chi connectivity index (χ0v) is 13.8. The summed E-state index contributed by atoms with van der Waals surface area (Å²) in [5.41, 5.74) is 5.86. The zero-order chi connectivity index (χ0) is 15.5. The molecule has 0 saturated carbocycles. The van der Waals surface area contributed by atoms with E-state index >= 15 is 0 Å². The molecule has 0 aliphatic carbocycles. The maximum Gasteiger partial charge on any atom is 0.0925 e. The number of hydrogen-bond donors (Lipinski definition) is 1. The minimum Gasteiger partial charge on any atom is -0.347 e. The van der Waals surface area contributed by atoms with E-state index in [0.717, 1.165) is 32.5 Å². The van der Waals surface area contributed by atoms with Crippen molar-refractivity contribution in [2.45, 2.75) is 31.8 Å². The van der Waals surface area contributed by atoms with E-state index in [2.05, 4.69) is 50.2 Å². The highest BCUT2D eigenvalue weighted by Gasteiger charge is 2.27. The highest BCUT2D eigenvalue weighted by molar-refractivity contribution is 7.09. The SMILES string of the molecule is c1ccc(CCC2CN(Cc3cncs3)Cc3[nH]cnc32)cc1. The van der Waals surface area contributed by atoms with E-state index in [4.69, 9.17) is 0 Å². The topological polar surface area (TPSA) is 44.8 Å². The Morgan fingerprint density at radius 1 is 1.26 bits per heavy atom. The van der Waals surface area contributed by atoms with Crippen LogP contribution in [-0.2, 0) is 19.5 Å². The van der Waals surface area contributed by atoms with Gasteiger partial charge in [-0.25, -0.2) is 4.98 Å². The first-order valence-corrected chi connectivity index (χ1v) is 8.92. The molecule has 1 atom stereocenters. The van der Waals surface area contributed by atoms with Crippen LogP contribution in [0.15, 0.2) is 48.4 Å². The summed E-state index contributed by atoms with van der Waals surface area (Å²) >= 11 is 1.73. The van der Waals surface area contributed by atoms with Crippen molar-refractivity contribution in [1.29, 1.82) is 0 Å². The minimum absolute atomic E-state index is 0.498. The fourth-order valence-corrected chi connectivity index (χ4v) is 4.01. The number of benzene rings is 1. The molecule has 1 aromatic carbocycles. The van der Waals surface area contributed by atoms with Gasteiger partial charge in [0.1, 0.15) is 0 Å². The standard InChI is InChI=1S/C18H20N4S/c1-2-4-14(5-3-1)6-7-15-9-22(10-16-8-19-13-23-16)11-17-18(15)21-12-20-17/h1-5,8,12-13,15H,6-7,9-11H2,(H,20,21). The van der Waals surface area contributed by atoms with Gasteiger partial charge in [-0.3, -0.25) is 9.88 Å². The van der Waals surface area contributed by atoms with Gasteiger partial charge in [-0.1, -0.05) is 30.3 Å². The maximum absolute atomic E-state index is 4.59. The number of thiazole rings is 1. The first-order valence-electron chi connectivity index (χ1n) is 8.04. The van der Waals surface area contributed by atoms with Gasteiger partial charge >= 0.3 is 0 Å². The Labute approximate surface area is 140 Å². The van der Waals surface area contributed by atoms with Crippen molar-refractivity contribution in [1.82, 2.24) is 19.9 Å². The summed E-state index contributed by atoms with van der Waals surface area (Å²) in [6.45, 7) is 3.00. The average molecular weight is 324 g/mol. The van der Waals surface area contributed by atoms with Crippen LogP contribution in [0.4, 0.5) is 0 Å². The van der Waals surface area contributed by atoms with Gasteiger partial charge in [0.15, 0.2) is 0 Å². The van der Waals surface area contributed by atoms with Crippen LogP contribution in [-0.4, -0.2) is 26.4 Å². The van der Waals surface area contributed by atoms with Crippen molar-refractivity contribution >= 4 is 11.3 Å². The summed E-state index contributed by atoms with van der Waals surface area (Å²) in [4.78, 5) is 15.9. The second-order valence-electron chi connectivity index (χ2n) is 6.12. The molecule has 23 heavy (non-hydrogen) atoms. The molecule has 0 spiro atoms. The molecule has 5 heteroatoms. The summed E-state index contributed by atoms with van der Waals surface area (Å²) in [5, 5.41) is 0. The first kappa shape index (κ1) is 14.6. The number of fused-ring (bicyclic) bond motifs is 1. The van der Waals surface area contributed by atoms with E-state index in [1.165, 1.54) is 21.8 Å². The van der Waals surface area contributed by atoms with Crippen LogP contribution in [0.1, 0.15) is 34.2 Å². The van der Waals surface area contributed by atoms with Gasteiger partial charge in [0, 0.05) is 36.6 Å². The molecule has 3 heterocycles. The Hall–Kier alpha value is -1.98. The molecule has 118 valence electrons. The number of aryl methyl sites for hydroxylation is 1. The van der Waals surface area contributed by atoms with Crippen LogP contribution in [0.2, 0.25) is 0 Å². The fourth-order valence-electron chi connectivity index (χ4n) is 3.37. The quantitative estimate of drug-likeness (QED) is 0.780. The Morgan fingerprint density at radius 2 is 2.17 bits per heavy atom. The smallest absolute Gasteiger partial charge is 0.0925 e. The lowest BCUT2D eigenvalue weighted by atomic mass is 9.92. The largest absolute Gasteiger partial charge is 0.347 e. The van der Waals surface area contributed by atoms with Gasteiger partial charge in [-0.2, -0.15) is 0 Å². The van der Waals surface area contributed by atoms with Gasteiger partial charge < -0.3 is 4.98 Å². The molecule has 0 radical (unpaired) electrons. The predicted molar refractivity (Wildman–Crippen MR) is 92.3 cm³/mol. The van der Waals surface area contributed by atoms with Gasteiger partial charge in [-0.15, -0.1) is 11.3 Å². The molecule has 0 bridgehead atoms. The van der Waals surface area contributed by atoms with Crippen LogP contribution < -0.4 is 0 Å². The minimum atomic E-state index is 0.498. The van der Waals surface area contributed by atoms with Gasteiger partial charge in [0.05, 0.1) is 23.2 Å². The number of nitrogens with zero attached hydrogens (tertiary/aromatic N) is 3. The number of aromatic amines is 1. The van der Waals surface area contributed by atoms with Crippen molar-refractivity contribution in [2.24, 2.45) is 0 Å². The third-order valence-corrected chi connectivity index (χ3v) is 5.25. The first-order chi connectivity index (χ1) is 11.4. The Morgan fingerprint density at radius 3 is 3.00 bits per heavy atom. The summed E-state index contributed by atoms with van der Waals surface area (Å²) < 4.78 is 0. The van der Waals surface area contributed by atoms with E-state index < -0.39 is 0 Å². The lowest BCUT2D eigenvalue weighted by Gasteiger charge is -2.31. The average Bonchev–Trinajstić information content (AvgIpc) is 3.25. The second kappa shape index (κ2) is 6.64. The Balaban J connectivity index is 1.47. The summed E-state index contributed by atoms with van der Waals surface area (Å²) in [7, 11) is 0. The molecule has 4 nitrogen and oxygen atoms in total. The summed E-state index contributed by atoms with van der Waals surface area (Å²) in [6.07, 6.45) is 6.07. The van der Waals surface area contributed by atoms with Crippen LogP contribution in [0, 0.1) is 0 Å². The third-order valence-electron chi connectivity index (χ3n) is 4.49. The monoisotopic (exact) mass is 324 g/mol. The zero-order valence-electron chi connectivity index (χ0n) is 13.0. The molecular weight excluding hydrogens is 304 g/mol. The number of hydrogen-bond acceptors (Lipinski definition) is 4. The molecule has 0 saturated heterocycles. The Kier molecular flexibility index (Phi) is 4.22. The normalized spacial score (nSPS) is 18.0. The van der Waals surface area contributed by atoms with E-state index in [1.807, 2.05) is 18.0 Å². The number of rotatable bonds is 5. The molecular formula is C18H20N4S. The maximum atomic E-state index is 4.59. The van der Waals surface area contributed by atoms with Crippen LogP contribution in [0.3, 0.4) is 0 Å². The van der Waals surface area contributed by atoms with Crippen molar-refractivity contribution in [3.8, 4) is 0 Å². The molecule has 2 aromatic heterocycles. The van der Waals surface area contributed by atoms with Crippen molar-refractivity contribution < 1.29 is 0 Å². The fraction of sp³-hybridized carbons (Fsp3) is 0.333. The third kappa shape index (κ3) is 3.35. The van der Waals surface area contributed by atoms with Gasteiger partial charge in [0.2, 0.25) is 0 Å². The van der Waals surface area contributed by atoms with Crippen LogP contribution in [0.25, 0.3) is 0 Å². The highest BCUT2D eigenvalue weighted by Crippen LogP contribution is 2.30. The van der Waals surface area contributed by atoms with Crippen molar-refractivity contribution in [3.05, 3.63) is 70.2 Å². The predicted octanol–water partition coefficient (Wildman–Crippen LogP) is 3.60. The van der Waals surface area contributed by atoms with E-state index in [0.29, 0.717) is 5.92 Å². The number of nitrogens with one attached hydrogen (secondary N) is 1. The summed E-state index contributed by atoms with van der Waals surface area (Å²) in [6, 6.07) is 10.7. The molecule has 1 aliphatic rings. The lowest BCUT2D eigenvalue weighted by molar-refractivity contribution is 0.214. The summed E-state index contributed by atoms with van der Waals surface area (Å²) in [5.74, 6) is 0.498. The lowest BCUT2D eigenvalue weighted by Crippen LogP contribution is -2.33. The molecule has 3 aromatic rings. The number of aromatic nitrogens is 3. The Bertz CT molecular complexity index is 735. The van der Waals surface area contributed by atoms with Crippen molar-refractivity contribution in [3.63, 3.8) is 0 Å². The van der Waals surface area contributed by atoms with E-state index in [1.54, 1.807) is 11.3 Å². The van der Waals surface area contributed by atoms with E-state index in [-0.39, 0.29) is 0 Å². The molecule has 1 unspecified atom stereocenters. The molecule has 4 rings (SSSR count). The highest BCUT2D eigenvalue weighted by atomic mass is 32.1. The molecule has 0 amide bonds. The molecule has 1 aliphatic heterocycles. The number of imidazole rings is 1. The molecule has 1 N–H and O–H groups in total. The van der Waals surface area contributed by atoms with Crippen LogP contribution in [0.5, 0.6) is 0 Å². The van der Waals surface area contributed by atoms with E-state index in [9.17, 15) is 0 Å². The molecule has 0 fully saturated rings. The second-order valence-corrected chi connectivity index (χ2v) is 7.10. The van der Waals surface area contributed by atoms with Gasteiger partial charge in [0.25, 0.3) is 0 Å². The number of H-pyrrole nitrogens is 1. The van der Waals surface area contributed by atoms with Gasteiger partial charge in [-0.05, 0) is 18.4 Å². The van der Waals surface area contributed by atoms with Crippen LogP contribution >= 0.6 is 11.3 Å². The van der Waals surface area contributed by atoms with Crippen molar-refractivity contribution in [2.75, 3.05) is 6.54 Å².